The third-order valence-corrected chi connectivity index (χ3v) is 2.32. The third-order valence-electron chi connectivity index (χ3n) is 2.32. The van der Waals surface area contributed by atoms with E-state index in [2.05, 4.69) is 5.32 Å². The second-order valence-corrected chi connectivity index (χ2v) is 3.88. The number of carbonyl (C=O) groups is 1. The zero-order chi connectivity index (χ0) is 13.2. The SMILES string of the molecule is COCCOCCCC(=O)Nc1ccc(N)cc1. The number of amides is 1. The first-order valence-corrected chi connectivity index (χ1v) is 5.94. The minimum Gasteiger partial charge on any atom is -0.399 e. The number of nitrogens with one attached hydrogen (secondary N) is 1. The largest absolute Gasteiger partial charge is 0.399 e. The van der Waals surface area contributed by atoms with Crippen LogP contribution in [0, 0.1) is 0 Å². The first-order valence-electron chi connectivity index (χ1n) is 5.94. The molecule has 0 saturated heterocycles. The highest BCUT2D eigenvalue weighted by atomic mass is 16.5. The number of hydrogen-bond donors (Lipinski definition) is 2. The molecule has 0 unspecified atom stereocenters. The number of benzene rings is 1. The van der Waals surface area contributed by atoms with Crippen LogP contribution in [0.3, 0.4) is 0 Å². The Bertz CT molecular complexity index is 352. The highest BCUT2D eigenvalue weighted by Crippen LogP contribution is 2.10. The zero-order valence-electron chi connectivity index (χ0n) is 10.6. The topological polar surface area (TPSA) is 73.6 Å². The fraction of sp³-hybridized carbons (Fsp3) is 0.462. The zero-order valence-corrected chi connectivity index (χ0v) is 10.6. The molecule has 0 atom stereocenters. The van der Waals surface area contributed by atoms with Crippen LogP contribution in [0.2, 0.25) is 0 Å². The summed E-state index contributed by atoms with van der Waals surface area (Å²) in [6.45, 7) is 1.71. The molecule has 1 aromatic carbocycles. The summed E-state index contributed by atoms with van der Waals surface area (Å²) in [4.78, 5) is 11.6. The lowest BCUT2D eigenvalue weighted by Crippen LogP contribution is -2.12. The molecule has 0 aliphatic rings. The monoisotopic (exact) mass is 252 g/mol. The molecule has 0 aliphatic heterocycles. The van der Waals surface area contributed by atoms with Gasteiger partial charge >= 0.3 is 0 Å². The van der Waals surface area contributed by atoms with Gasteiger partial charge in [0, 0.05) is 31.5 Å². The van der Waals surface area contributed by atoms with Gasteiger partial charge in [0.25, 0.3) is 0 Å². The van der Waals surface area contributed by atoms with Crippen molar-refractivity contribution >= 4 is 17.3 Å². The van der Waals surface area contributed by atoms with E-state index in [1.807, 2.05) is 0 Å². The van der Waals surface area contributed by atoms with Crippen molar-refractivity contribution in [2.24, 2.45) is 0 Å². The van der Waals surface area contributed by atoms with E-state index in [1.54, 1.807) is 31.4 Å². The fourth-order valence-electron chi connectivity index (χ4n) is 1.37. The van der Waals surface area contributed by atoms with Gasteiger partial charge in [0.2, 0.25) is 5.91 Å². The lowest BCUT2D eigenvalue weighted by Gasteiger charge is -2.06. The van der Waals surface area contributed by atoms with E-state index in [0.29, 0.717) is 38.3 Å². The van der Waals surface area contributed by atoms with Gasteiger partial charge in [-0.05, 0) is 30.7 Å². The van der Waals surface area contributed by atoms with E-state index in [9.17, 15) is 4.79 Å². The van der Waals surface area contributed by atoms with Gasteiger partial charge in [-0.15, -0.1) is 0 Å². The van der Waals surface area contributed by atoms with E-state index in [0.717, 1.165) is 5.69 Å². The number of methoxy groups -OCH3 is 1. The van der Waals surface area contributed by atoms with Gasteiger partial charge in [-0.1, -0.05) is 0 Å². The lowest BCUT2D eigenvalue weighted by molar-refractivity contribution is -0.116. The number of hydrogen-bond acceptors (Lipinski definition) is 4. The van der Waals surface area contributed by atoms with Gasteiger partial charge < -0.3 is 20.5 Å². The van der Waals surface area contributed by atoms with Crippen molar-refractivity contribution in [2.75, 3.05) is 38.0 Å². The van der Waals surface area contributed by atoms with E-state index in [1.165, 1.54) is 0 Å². The predicted octanol–water partition coefficient (Wildman–Crippen LogP) is 1.65. The maximum Gasteiger partial charge on any atom is 0.224 e. The summed E-state index contributed by atoms with van der Waals surface area (Å²) in [6, 6.07) is 7.07. The van der Waals surface area contributed by atoms with E-state index in [-0.39, 0.29) is 5.91 Å². The van der Waals surface area contributed by atoms with Crippen LogP contribution in [0.15, 0.2) is 24.3 Å². The van der Waals surface area contributed by atoms with Crippen molar-refractivity contribution in [1.82, 2.24) is 0 Å². The van der Waals surface area contributed by atoms with Crippen molar-refractivity contribution in [3.8, 4) is 0 Å². The molecule has 100 valence electrons. The summed E-state index contributed by atoms with van der Waals surface area (Å²) >= 11 is 0. The van der Waals surface area contributed by atoms with Gasteiger partial charge in [-0.25, -0.2) is 0 Å². The Labute approximate surface area is 107 Å². The summed E-state index contributed by atoms with van der Waals surface area (Å²) in [5.41, 5.74) is 7.00. The normalized spacial score (nSPS) is 10.3. The minimum absolute atomic E-state index is 0.0184. The Morgan fingerprint density at radius 2 is 1.94 bits per heavy atom. The molecule has 3 N–H and O–H groups in total. The van der Waals surface area contributed by atoms with Crippen LogP contribution < -0.4 is 11.1 Å². The fourth-order valence-corrected chi connectivity index (χ4v) is 1.37. The molecule has 0 heterocycles. The summed E-state index contributed by atoms with van der Waals surface area (Å²) in [7, 11) is 1.63. The van der Waals surface area contributed by atoms with Crippen molar-refractivity contribution < 1.29 is 14.3 Å². The number of ether oxygens (including phenoxy) is 2. The van der Waals surface area contributed by atoms with Crippen LogP contribution in [0.5, 0.6) is 0 Å². The van der Waals surface area contributed by atoms with E-state index in [4.69, 9.17) is 15.2 Å². The molecular weight excluding hydrogens is 232 g/mol. The molecule has 5 nitrogen and oxygen atoms in total. The summed E-state index contributed by atoms with van der Waals surface area (Å²) in [5, 5.41) is 2.80. The molecular formula is C13H20N2O3. The Balaban J connectivity index is 2.12. The Morgan fingerprint density at radius 3 is 2.61 bits per heavy atom. The molecule has 0 saturated carbocycles. The second kappa shape index (κ2) is 8.49. The van der Waals surface area contributed by atoms with Gasteiger partial charge in [0.15, 0.2) is 0 Å². The maximum atomic E-state index is 11.6. The molecule has 1 aromatic rings. The highest BCUT2D eigenvalue weighted by Gasteiger charge is 2.01. The van der Waals surface area contributed by atoms with Crippen LogP contribution in [0.4, 0.5) is 11.4 Å². The van der Waals surface area contributed by atoms with Gasteiger partial charge in [-0.3, -0.25) is 4.79 Å². The molecule has 1 amide bonds. The summed E-state index contributed by atoms with van der Waals surface area (Å²) in [5.74, 6) is -0.0184. The summed E-state index contributed by atoms with van der Waals surface area (Å²) in [6.07, 6.45) is 1.14. The molecule has 0 spiro atoms. The molecule has 18 heavy (non-hydrogen) atoms. The Morgan fingerprint density at radius 1 is 1.22 bits per heavy atom. The number of rotatable bonds is 8. The molecule has 0 fully saturated rings. The molecule has 0 aliphatic carbocycles. The Hall–Kier alpha value is -1.59. The van der Waals surface area contributed by atoms with Crippen LogP contribution in [0.25, 0.3) is 0 Å². The first-order chi connectivity index (χ1) is 8.72. The van der Waals surface area contributed by atoms with Crippen molar-refractivity contribution in [2.45, 2.75) is 12.8 Å². The standard InChI is InChI=1S/C13H20N2O3/c1-17-9-10-18-8-2-3-13(16)15-12-6-4-11(14)5-7-12/h4-7H,2-3,8-10,14H2,1H3,(H,15,16). The quantitative estimate of drug-likeness (QED) is 0.545. The predicted molar refractivity (Wildman–Crippen MR) is 71.4 cm³/mol. The first kappa shape index (κ1) is 14.5. The summed E-state index contributed by atoms with van der Waals surface area (Å²) < 4.78 is 10.1. The highest BCUT2D eigenvalue weighted by molar-refractivity contribution is 5.90. The number of nitrogen functional groups attached to an aromatic ring is 1. The van der Waals surface area contributed by atoms with Crippen LogP contribution in [-0.4, -0.2) is 32.8 Å². The average molecular weight is 252 g/mol. The molecule has 0 radical (unpaired) electrons. The molecule has 5 heteroatoms. The van der Waals surface area contributed by atoms with Crippen molar-refractivity contribution in [3.05, 3.63) is 24.3 Å². The minimum atomic E-state index is -0.0184. The Kier molecular flexibility index (Phi) is 6.83. The van der Waals surface area contributed by atoms with E-state index < -0.39 is 0 Å². The number of carbonyl (C=O) groups excluding carboxylic acids is 1. The molecule has 1 rings (SSSR count). The smallest absolute Gasteiger partial charge is 0.224 e. The number of anilines is 2. The van der Waals surface area contributed by atoms with Crippen molar-refractivity contribution in [1.29, 1.82) is 0 Å². The maximum absolute atomic E-state index is 11.6. The second-order valence-electron chi connectivity index (χ2n) is 3.88. The lowest BCUT2D eigenvalue weighted by atomic mass is 10.2. The average Bonchev–Trinajstić information content (AvgIpc) is 2.36. The van der Waals surface area contributed by atoms with E-state index >= 15 is 0 Å². The third kappa shape index (κ3) is 6.22. The van der Waals surface area contributed by atoms with Crippen molar-refractivity contribution in [3.63, 3.8) is 0 Å². The molecule has 0 aromatic heterocycles. The van der Waals surface area contributed by atoms with Gasteiger partial charge in [0.1, 0.15) is 0 Å². The van der Waals surface area contributed by atoms with Gasteiger partial charge in [0.05, 0.1) is 13.2 Å². The van der Waals surface area contributed by atoms with Crippen LogP contribution in [-0.2, 0) is 14.3 Å². The van der Waals surface area contributed by atoms with Gasteiger partial charge in [-0.2, -0.15) is 0 Å². The van der Waals surface area contributed by atoms with Crippen LogP contribution in [0.1, 0.15) is 12.8 Å². The van der Waals surface area contributed by atoms with Crippen LogP contribution >= 0.6 is 0 Å². The number of nitrogens with two attached hydrogens (primary N) is 1. The molecule has 0 bridgehead atoms.